The van der Waals surface area contributed by atoms with Crippen molar-refractivity contribution in [2.45, 2.75) is 0 Å². The van der Waals surface area contributed by atoms with E-state index >= 15 is 0 Å². The molecule has 0 aliphatic heterocycles. The first-order chi connectivity index (χ1) is 6.54. The van der Waals surface area contributed by atoms with Crippen molar-refractivity contribution in [1.82, 2.24) is 5.48 Å². The molecule has 76 valence electrons. The Kier molecular flexibility index (Phi) is 2.92. The highest BCUT2D eigenvalue weighted by Crippen LogP contribution is 2.20. The first kappa shape index (κ1) is 10.3. The van der Waals surface area contributed by atoms with Crippen molar-refractivity contribution in [2.75, 3.05) is 0 Å². The van der Waals surface area contributed by atoms with Crippen LogP contribution < -0.4 is 11.2 Å². The molecule has 0 aliphatic carbocycles. The van der Waals surface area contributed by atoms with Crippen molar-refractivity contribution >= 4 is 11.6 Å². The molecule has 0 atom stereocenters. The van der Waals surface area contributed by atoms with Gasteiger partial charge in [-0.25, -0.2) is 23.6 Å². The molecule has 0 saturated carbocycles. The van der Waals surface area contributed by atoms with E-state index < -0.39 is 29.1 Å². The van der Waals surface area contributed by atoms with Crippen molar-refractivity contribution < 1.29 is 18.4 Å². The van der Waals surface area contributed by atoms with Gasteiger partial charge >= 0.3 is 0 Å². The molecule has 0 bridgehead atoms. The number of nitrogens with one attached hydrogen (secondary N) is 1. The Balaban J connectivity index is 3.16. The lowest BCUT2D eigenvalue weighted by atomic mass is 10.3. The number of rotatable bonds is 1. The number of benzene rings is 1. The lowest BCUT2D eigenvalue weighted by Gasteiger charge is -2.00. The zero-order valence-electron chi connectivity index (χ0n) is 6.76. The first-order valence-corrected chi connectivity index (χ1v) is 3.43. The Morgan fingerprint density at radius 2 is 1.79 bits per heavy atom. The van der Waals surface area contributed by atoms with Gasteiger partial charge in [-0.05, 0) is 0 Å². The fourth-order valence-corrected chi connectivity index (χ4v) is 0.753. The third kappa shape index (κ3) is 2.13. The fourth-order valence-electron chi connectivity index (χ4n) is 0.753. The van der Waals surface area contributed by atoms with Crippen molar-refractivity contribution in [2.24, 2.45) is 10.7 Å². The van der Waals surface area contributed by atoms with Gasteiger partial charge in [-0.2, -0.15) is 0 Å². The van der Waals surface area contributed by atoms with Crippen LogP contribution in [0.25, 0.3) is 0 Å². The third-order valence-corrected chi connectivity index (χ3v) is 1.35. The topological polar surface area (TPSA) is 70.6 Å². The molecule has 0 fully saturated rings. The second kappa shape index (κ2) is 3.97. The minimum Gasteiger partial charge on any atom is -0.368 e. The summed E-state index contributed by atoms with van der Waals surface area (Å²) in [5.74, 6) is -4.19. The maximum absolute atomic E-state index is 12.8. The van der Waals surface area contributed by atoms with Crippen molar-refractivity contribution in [3.8, 4) is 0 Å². The van der Waals surface area contributed by atoms with Gasteiger partial charge in [-0.1, -0.05) is 0 Å². The van der Waals surface area contributed by atoms with E-state index in [0.717, 1.165) is 0 Å². The molecule has 0 unspecified atom stereocenters. The molecular weight excluding hydrogens is 199 g/mol. The van der Waals surface area contributed by atoms with Gasteiger partial charge in [0.2, 0.25) is 5.96 Å². The molecule has 4 N–H and O–H groups in total. The van der Waals surface area contributed by atoms with E-state index in [1.54, 1.807) is 0 Å². The average molecular weight is 205 g/mol. The molecule has 0 spiro atoms. The van der Waals surface area contributed by atoms with Crippen LogP contribution in [-0.4, -0.2) is 11.2 Å². The van der Waals surface area contributed by atoms with E-state index in [1.807, 2.05) is 0 Å². The predicted molar refractivity (Wildman–Crippen MR) is 42.5 cm³/mol. The molecule has 0 saturated heterocycles. The summed E-state index contributed by atoms with van der Waals surface area (Å²) in [5.41, 5.74) is 5.88. The van der Waals surface area contributed by atoms with Gasteiger partial charge in [0.1, 0.15) is 5.69 Å². The van der Waals surface area contributed by atoms with E-state index in [9.17, 15) is 13.2 Å². The van der Waals surface area contributed by atoms with Gasteiger partial charge in [0.25, 0.3) is 0 Å². The number of hydrogen-bond donors (Lipinski definition) is 3. The second-order valence-corrected chi connectivity index (χ2v) is 2.33. The molecule has 1 aromatic carbocycles. The monoisotopic (exact) mass is 205 g/mol. The van der Waals surface area contributed by atoms with Crippen LogP contribution in [0.4, 0.5) is 18.9 Å². The molecule has 14 heavy (non-hydrogen) atoms. The van der Waals surface area contributed by atoms with Gasteiger partial charge in [-0.15, -0.1) is 0 Å². The van der Waals surface area contributed by atoms with Crippen molar-refractivity contribution in [1.29, 1.82) is 0 Å². The summed E-state index contributed by atoms with van der Waals surface area (Å²) in [5, 5.41) is 8.21. The minimum atomic E-state index is -1.32. The SMILES string of the molecule is NC(=Nc1cc(F)c(F)cc1F)NO. The number of hydroxylamine groups is 1. The van der Waals surface area contributed by atoms with Gasteiger partial charge in [0, 0.05) is 12.1 Å². The van der Waals surface area contributed by atoms with Crippen LogP contribution >= 0.6 is 0 Å². The maximum atomic E-state index is 12.8. The van der Waals surface area contributed by atoms with Crippen LogP contribution in [0.2, 0.25) is 0 Å². The molecule has 0 heterocycles. The average Bonchev–Trinajstić information content (AvgIpc) is 2.14. The number of halogens is 3. The first-order valence-electron chi connectivity index (χ1n) is 3.43. The zero-order chi connectivity index (χ0) is 10.7. The normalized spacial score (nSPS) is 11.6. The van der Waals surface area contributed by atoms with E-state index in [0.29, 0.717) is 12.1 Å². The number of hydrogen-bond acceptors (Lipinski definition) is 2. The molecule has 0 radical (unpaired) electrons. The molecule has 0 aliphatic rings. The number of guanidine groups is 1. The third-order valence-electron chi connectivity index (χ3n) is 1.35. The van der Waals surface area contributed by atoms with Crippen LogP contribution in [0, 0.1) is 17.5 Å². The van der Waals surface area contributed by atoms with Crippen LogP contribution in [0.5, 0.6) is 0 Å². The van der Waals surface area contributed by atoms with Gasteiger partial charge < -0.3 is 5.73 Å². The zero-order valence-corrected chi connectivity index (χ0v) is 6.76. The second-order valence-electron chi connectivity index (χ2n) is 2.33. The number of nitrogens with zero attached hydrogens (tertiary/aromatic N) is 1. The van der Waals surface area contributed by atoms with E-state index in [2.05, 4.69) is 4.99 Å². The summed E-state index contributed by atoms with van der Waals surface area (Å²) >= 11 is 0. The quantitative estimate of drug-likeness (QED) is 0.277. The Labute approximate surface area is 76.8 Å². The Hall–Kier alpha value is -1.76. The molecular formula is C7H6F3N3O. The lowest BCUT2D eigenvalue weighted by molar-refractivity contribution is 0.233. The predicted octanol–water partition coefficient (Wildman–Crippen LogP) is 1.03. The number of nitrogens with two attached hydrogens (primary N) is 1. The highest BCUT2D eigenvalue weighted by Gasteiger charge is 2.09. The summed E-state index contributed by atoms with van der Waals surface area (Å²) in [6, 6.07) is 0.855. The maximum Gasteiger partial charge on any atom is 0.218 e. The number of aliphatic imine (C=N–C) groups is 1. The largest absolute Gasteiger partial charge is 0.368 e. The van der Waals surface area contributed by atoms with Gasteiger partial charge in [0.15, 0.2) is 17.5 Å². The summed E-state index contributed by atoms with van der Waals surface area (Å²) in [7, 11) is 0. The standard InChI is InChI=1S/C7H6F3N3O/c8-3-1-5(10)6(2-4(3)9)12-7(11)13-14/h1-2,14H,(H3,11,12,13). The highest BCUT2D eigenvalue weighted by molar-refractivity contribution is 5.79. The Morgan fingerprint density at radius 3 is 2.36 bits per heavy atom. The molecule has 0 amide bonds. The summed E-state index contributed by atoms with van der Waals surface area (Å²) in [6.07, 6.45) is 0. The van der Waals surface area contributed by atoms with Crippen LogP contribution in [0.1, 0.15) is 0 Å². The highest BCUT2D eigenvalue weighted by atomic mass is 19.2. The summed E-state index contributed by atoms with van der Waals surface area (Å²) < 4.78 is 37.8. The van der Waals surface area contributed by atoms with Crippen LogP contribution in [0.15, 0.2) is 17.1 Å². The molecule has 0 aromatic heterocycles. The minimum absolute atomic E-state index is 0.332. The molecule has 4 nitrogen and oxygen atoms in total. The Morgan fingerprint density at radius 1 is 1.21 bits per heavy atom. The summed E-state index contributed by atoms with van der Waals surface area (Å²) in [4.78, 5) is 3.23. The molecule has 1 rings (SSSR count). The van der Waals surface area contributed by atoms with Crippen LogP contribution in [-0.2, 0) is 0 Å². The molecule has 1 aromatic rings. The van der Waals surface area contributed by atoms with Crippen molar-refractivity contribution in [3.05, 3.63) is 29.6 Å². The smallest absolute Gasteiger partial charge is 0.218 e. The fraction of sp³-hybridized carbons (Fsp3) is 0. The van der Waals surface area contributed by atoms with E-state index in [-0.39, 0.29) is 0 Å². The molecule has 7 heteroatoms. The van der Waals surface area contributed by atoms with Gasteiger partial charge in [0.05, 0.1) is 0 Å². The van der Waals surface area contributed by atoms with E-state index in [1.165, 1.54) is 5.48 Å². The Bertz CT molecular complexity index is 381. The van der Waals surface area contributed by atoms with E-state index in [4.69, 9.17) is 10.9 Å². The summed E-state index contributed by atoms with van der Waals surface area (Å²) in [6.45, 7) is 0. The van der Waals surface area contributed by atoms with Crippen molar-refractivity contribution in [3.63, 3.8) is 0 Å². The lowest BCUT2D eigenvalue weighted by Crippen LogP contribution is -2.27. The van der Waals surface area contributed by atoms with Gasteiger partial charge in [-0.3, -0.25) is 5.21 Å². The van der Waals surface area contributed by atoms with Crippen LogP contribution in [0.3, 0.4) is 0 Å².